The summed E-state index contributed by atoms with van der Waals surface area (Å²) in [4.78, 5) is 24.1. The maximum absolute atomic E-state index is 12.1. The number of hydrogen-bond acceptors (Lipinski definition) is 3. The molecule has 0 aromatic heterocycles. The third-order valence-corrected chi connectivity index (χ3v) is 3.84. The van der Waals surface area contributed by atoms with Gasteiger partial charge in [0.25, 0.3) is 5.91 Å². The first-order valence-corrected chi connectivity index (χ1v) is 7.60. The van der Waals surface area contributed by atoms with E-state index in [1.807, 2.05) is 0 Å². The molecule has 7 heteroatoms. The first kappa shape index (κ1) is 15.6. The molecule has 23 heavy (non-hydrogen) atoms. The molecule has 5 nitrogen and oxygen atoms in total. The van der Waals surface area contributed by atoms with E-state index < -0.39 is 12.0 Å². The molecule has 2 amide bonds. The lowest BCUT2D eigenvalue weighted by atomic mass is 10.1. The first-order chi connectivity index (χ1) is 11.0. The predicted octanol–water partition coefficient (Wildman–Crippen LogP) is 3.72. The zero-order valence-corrected chi connectivity index (χ0v) is 13.3. The minimum absolute atomic E-state index is 0.136. The lowest BCUT2D eigenvalue weighted by Crippen LogP contribution is -2.39. The Morgan fingerprint density at radius 3 is 2.83 bits per heavy atom. The second-order valence-electron chi connectivity index (χ2n) is 4.97. The van der Waals surface area contributed by atoms with Gasteiger partial charge in [-0.05, 0) is 30.3 Å². The van der Waals surface area contributed by atoms with Crippen molar-refractivity contribution in [2.75, 3.05) is 10.6 Å². The molecule has 2 N–H and O–H groups in total. The van der Waals surface area contributed by atoms with Crippen LogP contribution in [0.4, 0.5) is 11.4 Å². The first-order valence-electron chi connectivity index (χ1n) is 6.84. The van der Waals surface area contributed by atoms with Gasteiger partial charge < -0.3 is 15.4 Å². The minimum Gasteiger partial charge on any atom is -0.478 e. The van der Waals surface area contributed by atoms with Gasteiger partial charge in [-0.15, -0.1) is 0 Å². The Bertz CT molecular complexity index is 780. The Morgan fingerprint density at radius 1 is 1.22 bits per heavy atom. The largest absolute Gasteiger partial charge is 0.478 e. The molecule has 118 valence electrons. The van der Waals surface area contributed by atoms with Crippen molar-refractivity contribution in [2.24, 2.45) is 0 Å². The third kappa shape index (κ3) is 3.57. The number of hydrogen-bond donors (Lipinski definition) is 2. The summed E-state index contributed by atoms with van der Waals surface area (Å²) in [6.45, 7) is 0. The van der Waals surface area contributed by atoms with E-state index in [0.717, 1.165) is 0 Å². The van der Waals surface area contributed by atoms with Gasteiger partial charge in [0.2, 0.25) is 5.91 Å². The molecule has 0 bridgehead atoms. The molecule has 0 saturated carbocycles. The molecule has 2 aromatic rings. The van der Waals surface area contributed by atoms with Crippen molar-refractivity contribution in [1.29, 1.82) is 0 Å². The second kappa shape index (κ2) is 6.48. The zero-order valence-electron chi connectivity index (χ0n) is 11.8. The fraction of sp³-hybridized carbons (Fsp3) is 0.125. The molecule has 1 aliphatic rings. The number of ether oxygens (including phenoxy) is 1. The summed E-state index contributed by atoms with van der Waals surface area (Å²) in [7, 11) is 0. The molecular formula is C16H12Cl2N2O3. The predicted molar refractivity (Wildman–Crippen MR) is 89.2 cm³/mol. The van der Waals surface area contributed by atoms with Crippen molar-refractivity contribution in [2.45, 2.75) is 12.5 Å². The van der Waals surface area contributed by atoms with Crippen LogP contribution < -0.4 is 15.4 Å². The standard InChI is InChI=1S/C16H12Cl2N2O3/c17-9-5-6-10(18)12(7-9)19-15(21)8-14-16(22)20-11-3-1-2-4-13(11)23-14/h1-7,14H,8H2,(H,19,21)(H,20,22)/t14-/m1/s1. The molecular weight excluding hydrogens is 339 g/mol. The van der Waals surface area contributed by atoms with Crippen molar-refractivity contribution in [3.63, 3.8) is 0 Å². The highest BCUT2D eigenvalue weighted by atomic mass is 35.5. The van der Waals surface area contributed by atoms with E-state index in [-0.39, 0.29) is 12.3 Å². The van der Waals surface area contributed by atoms with Crippen LogP contribution in [0.15, 0.2) is 42.5 Å². The highest BCUT2D eigenvalue weighted by Gasteiger charge is 2.29. The van der Waals surface area contributed by atoms with Crippen LogP contribution in [0.2, 0.25) is 10.0 Å². The third-order valence-electron chi connectivity index (χ3n) is 3.28. The highest BCUT2D eigenvalue weighted by Crippen LogP contribution is 2.30. The van der Waals surface area contributed by atoms with E-state index in [9.17, 15) is 9.59 Å². The SMILES string of the molecule is O=C(C[C@H]1Oc2ccccc2NC1=O)Nc1cc(Cl)ccc1Cl. The van der Waals surface area contributed by atoms with E-state index >= 15 is 0 Å². The van der Waals surface area contributed by atoms with Gasteiger partial charge in [-0.1, -0.05) is 35.3 Å². The number of anilines is 2. The van der Waals surface area contributed by atoms with Gasteiger partial charge in [0.1, 0.15) is 5.75 Å². The molecule has 1 aliphatic heterocycles. The maximum atomic E-state index is 12.1. The number of carbonyl (C=O) groups is 2. The van der Waals surface area contributed by atoms with Gasteiger partial charge in [0, 0.05) is 5.02 Å². The summed E-state index contributed by atoms with van der Waals surface area (Å²) in [5, 5.41) is 6.15. The Hall–Kier alpha value is -2.24. The number of rotatable bonds is 3. The fourth-order valence-corrected chi connectivity index (χ4v) is 2.53. The Kier molecular flexibility index (Phi) is 4.41. The normalized spacial score (nSPS) is 16.1. The quantitative estimate of drug-likeness (QED) is 0.886. The molecule has 0 unspecified atom stereocenters. The molecule has 0 spiro atoms. The summed E-state index contributed by atoms with van der Waals surface area (Å²) >= 11 is 11.9. The van der Waals surface area contributed by atoms with Crippen molar-refractivity contribution < 1.29 is 14.3 Å². The van der Waals surface area contributed by atoms with E-state index in [2.05, 4.69) is 10.6 Å². The van der Waals surface area contributed by atoms with Gasteiger partial charge in [-0.2, -0.15) is 0 Å². The average molecular weight is 351 g/mol. The fourth-order valence-electron chi connectivity index (χ4n) is 2.19. The smallest absolute Gasteiger partial charge is 0.266 e. The van der Waals surface area contributed by atoms with Crippen LogP contribution >= 0.6 is 23.2 Å². The summed E-state index contributed by atoms with van der Waals surface area (Å²) in [6.07, 6.45) is -1.04. The van der Waals surface area contributed by atoms with Gasteiger partial charge in [-0.25, -0.2) is 0 Å². The van der Waals surface area contributed by atoms with Gasteiger partial charge >= 0.3 is 0 Å². The topological polar surface area (TPSA) is 67.4 Å². The minimum atomic E-state index is -0.900. The zero-order chi connectivity index (χ0) is 16.4. The molecule has 3 rings (SSSR count). The summed E-state index contributed by atoms with van der Waals surface area (Å²) in [5.74, 6) is -0.226. The summed E-state index contributed by atoms with van der Waals surface area (Å²) in [5.41, 5.74) is 0.979. The van der Waals surface area contributed by atoms with E-state index in [1.54, 1.807) is 42.5 Å². The summed E-state index contributed by atoms with van der Waals surface area (Å²) < 4.78 is 5.57. The maximum Gasteiger partial charge on any atom is 0.266 e. The van der Waals surface area contributed by atoms with Crippen molar-refractivity contribution >= 4 is 46.4 Å². The average Bonchev–Trinajstić information content (AvgIpc) is 2.51. The van der Waals surface area contributed by atoms with Crippen LogP contribution in [0.3, 0.4) is 0 Å². The van der Waals surface area contributed by atoms with Gasteiger partial charge in [0.05, 0.1) is 22.8 Å². The lowest BCUT2D eigenvalue weighted by molar-refractivity contribution is -0.128. The van der Waals surface area contributed by atoms with Gasteiger partial charge in [-0.3, -0.25) is 9.59 Å². The van der Waals surface area contributed by atoms with Crippen LogP contribution in [0.25, 0.3) is 0 Å². The van der Waals surface area contributed by atoms with Crippen molar-refractivity contribution in [3.8, 4) is 5.75 Å². The molecule has 0 radical (unpaired) electrons. The second-order valence-corrected chi connectivity index (χ2v) is 5.81. The molecule has 0 fully saturated rings. The van der Waals surface area contributed by atoms with Crippen LogP contribution in [-0.4, -0.2) is 17.9 Å². The van der Waals surface area contributed by atoms with Crippen LogP contribution in [0.1, 0.15) is 6.42 Å². The lowest BCUT2D eigenvalue weighted by Gasteiger charge is -2.25. The van der Waals surface area contributed by atoms with E-state index in [1.165, 1.54) is 0 Å². The number of para-hydroxylation sites is 2. The molecule has 0 aliphatic carbocycles. The van der Waals surface area contributed by atoms with Crippen molar-refractivity contribution in [3.05, 3.63) is 52.5 Å². The Morgan fingerprint density at radius 2 is 2.00 bits per heavy atom. The van der Waals surface area contributed by atoms with Crippen molar-refractivity contribution in [1.82, 2.24) is 0 Å². The number of carbonyl (C=O) groups excluding carboxylic acids is 2. The molecule has 2 aromatic carbocycles. The Labute approximate surface area is 142 Å². The van der Waals surface area contributed by atoms with Crippen LogP contribution in [-0.2, 0) is 9.59 Å². The highest BCUT2D eigenvalue weighted by molar-refractivity contribution is 6.35. The number of halogens is 2. The summed E-state index contributed by atoms with van der Waals surface area (Å²) in [6, 6.07) is 11.8. The van der Waals surface area contributed by atoms with Gasteiger partial charge in [0.15, 0.2) is 6.10 Å². The molecule has 0 saturated heterocycles. The van der Waals surface area contributed by atoms with E-state index in [4.69, 9.17) is 27.9 Å². The van der Waals surface area contributed by atoms with Crippen LogP contribution in [0, 0.1) is 0 Å². The number of fused-ring (bicyclic) bond motifs is 1. The number of nitrogens with one attached hydrogen (secondary N) is 2. The molecule has 1 atom stereocenters. The monoisotopic (exact) mass is 350 g/mol. The Balaban J connectivity index is 1.69. The molecule has 1 heterocycles. The van der Waals surface area contributed by atoms with E-state index in [0.29, 0.717) is 27.2 Å². The number of benzene rings is 2. The number of amides is 2. The van der Waals surface area contributed by atoms with Crippen LogP contribution in [0.5, 0.6) is 5.75 Å².